The van der Waals surface area contributed by atoms with Gasteiger partial charge in [0.25, 0.3) is 0 Å². The zero-order chi connectivity index (χ0) is 16.1. The van der Waals surface area contributed by atoms with Gasteiger partial charge in [0.1, 0.15) is 18.1 Å². The van der Waals surface area contributed by atoms with E-state index in [0.29, 0.717) is 13.0 Å². The topological polar surface area (TPSA) is 44.8 Å². The number of ether oxygens (including phenoxy) is 3. The van der Waals surface area contributed by atoms with Gasteiger partial charge in [0, 0.05) is 5.92 Å². The van der Waals surface area contributed by atoms with Crippen molar-refractivity contribution < 1.29 is 19.0 Å². The number of rotatable bonds is 5. The second-order valence-corrected chi connectivity index (χ2v) is 5.58. The van der Waals surface area contributed by atoms with Gasteiger partial charge in [-0.15, -0.1) is 0 Å². The molecule has 0 fully saturated rings. The van der Waals surface area contributed by atoms with Gasteiger partial charge < -0.3 is 14.2 Å². The second kappa shape index (κ2) is 7.18. The van der Waals surface area contributed by atoms with Crippen molar-refractivity contribution >= 4 is 5.97 Å². The molecule has 2 aromatic carbocycles. The van der Waals surface area contributed by atoms with E-state index in [-0.39, 0.29) is 18.5 Å². The zero-order valence-electron chi connectivity index (χ0n) is 13.2. The second-order valence-electron chi connectivity index (χ2n) is 5.58. The van der Waals surface area contributed by atoms with Crippen molar-refractivity contribution in [2.24, 2.45) is 0 Å². The summed E-state index contributed by atoms with van der Waals surface area (Å²) in [6.07, 6.45) is 1.23. The highest BCUT2D eigenvalue weighted by Gasteiger charge is 2.24. The number of hydrogen-bond acceptors (Lipinski definition) is 4. The molecule has 4 heteroatoms. The molecule has 0 saturated carbocycles. The SMILES string of the molecule is COc1ccc(COC(=O)CC2CCOc3ccccc32)cc1. The number of carbonyl (C=O) groups excluding carboxylic acids is 1. The Morgan fingerprint density at radius 1 is 1.17 bits per heavy atom. The molecular weight excluding hydrogens is 292 g/mol. The summed E-state index contributed by atoms with van der Waals surface area (Å²) >= 11 is 0. The van der Waals surface area contributed by atoms with Gasteiger partial charge in [-0.3, -0.25) is 4.79 Å². The number of para-hydroxylation sites is 1. The molecule has 0 amide bonds. The van der Waals surface area contributed by atoms with Gasteiger partial charge in [0.15, 0.2) is 0 Å². The van der Waals surface area contributed by atoms with Crippen LogP contribution < -0.4 is 9.47 Å². The predicted molar refractivity (Wildman–Crippen MR) is 86.7 cm³/mol. The summed E-state index contributed by atoms with van der Waals surface area (Å²) in [5.41, 5.74) is 2.05. The summed E-state index contributed by atoms with van der Waals surface area (Å²) in [4.78, 5) is 12.1. The van der Waals surface area contributed by atoms with E-state index in [1.807, 2.05) is 48.5 Å². The van der Waals surface area contributed by atoms with Crippen LogP contribution in [0.5, 0.6) is 11.5 Å². The minimum atomic E-state index is -0.178. The fourth-order valence-electron chi connectivity index (χ4n) is 2.77. The van der Waals surface area contributed by atoms with Crippen molar-refractivity contribution in [3.8, 4) is 11.5 Å². The zero-order valence-corrected chi connectivity index (χ0v) is 13.2. The minimum Gasteiger partial charge on any atom is -0.497 e. The van der Waals surface area contributed by atoms with Crippen LogP contribution in [0.1, 0.15) is 29.9 Å². The van der Waals surface area contributed by atoms with E-state index < -0.39 is 0 Å². The molecule has 0 saturated heterocycles. The minimum absolute atomic E-state index is 0.170. The van der Waals surface area contributed by atoms with Gasteiger partial charge in [-0.05, 0) is 35.7 Å². The molecule has 1 aliphatic heterocycles. The van der Waals surface area contributed by atoms with E-state index >= 15 is 0 Å². The molecular formula is C19H20O4. The summed E-state index contributed by atoms with van der Waals surface area (Å²) in [5, 5.41) is 0. The Kier molecular flexibility index (Phi) is 4.81. The number of benzene rings is 2. The van der Waals surface area contributed by atoms with E-state index in [0.717, 1.165) is 29.0 Å². The molecule has 0 aliphatic carbocycles. The van der Waals surface area contributed by atoms with Gasteiger partial charge in [0.2, 0.25) is 0 Å². The van der Waals surface area contributed by atoms with E-state index in [9.17, 15) is 4.79 Å². The fourth-order valence-corrected chi connectivity index (χ4v) is 2.77. The first-order valence-corrected chi connectivity index (χ1v) is 7.76. The third kappa shape index (κ3) is 3.83. The standard InChI is InChI=1S/C19H20O4/c1-21-16-8-6-14(7-9-16)13-23-19(20)12-15-10-11-22-18-5-3-2-4-17(15)18/h2-9,15H,10-13H2,1H3. The van der Waals surface area contributed by atoms with Crippen LogP contribution in [-0.4, -0.2) is 19.7 Å². The Morgan fingerprint density at radius 3 is 2.74 bits per heavy atom. The highest BCUT2D eigenvalue weighted by atomic mass is 16.5. The molecule has 23 heavy (non-hydrogen) atoms. The summed E-state index contributed by atoms with van der Waals surface area (Å²) in [7, 11) is 1.63. The van der Waals surface area contributed by atoms with Crippen LogP contribution >= 0.6 is 0 Å². The highest BCUT2D eigenvalue weighted by molar-refractivity contribution is 5.71. The molecule has 0 aromatic heterocycles. The third-order valence-corrected chi connectivity index (χ3v) is 4.05. The van der Waals surface area contributed by atoms with Gasteiger partial charge >= 0.3 is 5.97 Å². The van der Waals surface area contributed by atoms with E-state index in [1.54, 1.807) is 7.11 Å². The number of hydrogen-bond donors (Lipinski definition) is 0. The molecule has 0 spiro atoms. The van der Waals surface area contributed by atoms with E-state index in [2.05, 4.69) is 0 Å². The van der Waals surface area contributed by atoms with Crippen molar-refractivity contribution in [2.75, 3.05) is 13.7 Å². The van der Waals surface area contributed by atoms with Crippen LogP contribution in [0, 0.1) is 0 Å². The van der Waals surface area contributed by atoms with Crippen molar-refractivity contribution in [3.63, 3.8) is 0 Å². The van der Waals surface area contributed by atoms with Crippen molar-refractivity contribution in [2.45, 2.75) is 25.4 Å². The average Bonchev–Trinajstić information content (AvgIpc) is 2.61. The quantitative estimate of drug-likeness (QED) is 0.790. The van der Waals surface area contributed by atoms with Gasteiger partial charge in [-0.25, -0.2) is 0 Å². The lowest BCUT2D eigenvalue weighted by molar-refractivity contribution is -0.145. The van der Waals surface area contributed by atoms with Gasteiger partial charge in [-0.2, -0.15) is 0 Å². The highest BCUT2D eigenvalue weighted by Crippen LogP contribution is 2.35. The molecule has 1 heterocycles. The van der Waals surface area contributed by atoms with Crippen molar-refractivity contribution in [3.05, 3.63) is 59.7 Å². The molecule has 4 nitrogen and oxygen atoms in total. The predicted octanol–water partition coefficient (Wildman–Crippen LogP) is 3.69. The lowest BCUT2D eigenvalue weighted by Crippen LogP contribution is -2.18. The van der Waals surface area contributed by atoms with Crippen LogP contribution in [0.3, 0.4) is 0 Å². The largest absolute Gasteiger partial charge is 0.497 e. The molecule has 2 aromatic rings. The maximum atomic E-state index is 12.1. The average molecular weight is 312 g/mol. The van der Waals surface area contributed by atoms with Crippen LogP contribution in [-0.2, 0) is 16.1 Å². The van der Waals surface area contributed by atoms with Crippen molar-refractivity contribution in [1.82, 2.24) is 0 Å². The van der Waals surface area contributed by atoms with Crippen LogP contribution in [0.25, 0.3) is 0 Å². The molecule has 120 valence electrons. The first-order valence-electron chi connectivity index (χ1n) is 7.76. The normalized spacial score (nSPS) is 16.1. The smallest absolute Gasteiger partial charge is 0.306 e. The maximum absolute atomic E-state index is 12.1. The molecule has 3 rings (SSSR count). The lowest BCUT2D eigenvalue weighted by atomic mass is 9.90. The Hall–Kier alpha value is -2.49. The van der Waals surface area contributed by atoms with E-state index in [4.69, 9.17) is 14.2 Å². The van der Waals surface area contributed by atoms with Crippen LogP contribution in [0.15, 0.2) is 48.5 Å². The van der Waals surface area contributed by atoms with Crippen LogP contribution in [0.2, 0.25) is 0 Å². The van der Waals surface area contributed by atoms with Crippen molar-refractivity contribution in [1.29, 1.82) is 0 Å². The molecule has 0 bridgehead atoms. The molecule has 0 N–H and O–H groups in total. The Balaban J connectivity index is 1.55. The third-order valence-electron chi connectivity index (χ3n) is 4.05. The Labute approximate surface area is 136 Å². The molecule has 1 aliphatic rings. The van der Waals surface area contributed by atoms with Gasteiger partial charge in [0.05, 0.1) is 20.1 Å². The summed E-state index contributed by atoms with van der Waals surface area (Å²) in [6, 6.07) is 15.4. The maximum Gasteiger partial charge on any atom is 0.306 e. The summed E-state index contributed by atoms with van der Waals surface area (Å²) < 4.78 is 16.1. The lowest BCUT2D eigenvalue weighted by Gasteiger charge is -2.25. The number of methoxy groups -OCH3 is 1. The Bertz CT molecular complexity index is 663. The van der Waals surface area contributed by atoms with Crippen LogP contribution in [0.4, 0.5) is 0 Å². The van der Waals surface area contributed by atoms with E-state index in [1.165, 1.54) is 0 Å². The summed E-state index contributed by atoms with van der Waals surface area (Å²) in [5.74, 6) is 1.66. The number of esters is 1. The van der Waals surface area contributed by atoms with Gasteiger partial charge in [-0.1, -0.05) is 30.3 Å². The Morgan fingerprint density at radius 2 is 1.96 bits per heavy atom. The first kappa shape index (κ1) is 15.4. The molecule has 0 radical (unpaired) electrons. The fraction of sp³-hybridized carbons (Fsp3) is 0.316. The monoisotopic (exact) mass is 312 g/mol. The number of fused-ring (bicyclic) bond motifs is 1. The molecule has 1 atom stereocenters. The first-order chi connectivity index (χ1) is 11.3. The molecule has 1 unspecified atom stereocenters. The summed E-state index contributed by atoms with van der Waals surface area (Å²) in [6.45, 7) is 0.932. The number of carbonyl (C=O) groups is 1.